The number of benzene rings is 1. The number of rotatable bonds is 1. The Morgan fingerprint density at radius 1 is 1.36 bits per heavy atom. The molecule has 2 heteroatoms. The van der Waals surface area contributed by atoms with Crippen molar-refractivity contribution in [1.29, 1.82) is 0 Å². The first-order valence-corrected chi connectivity index (χ1v) is 6.04. The number of halogens is 1. The molecule has 0 aromatic heterocycles. The molecule has 76 valence electrons. The van der Waals surface area contributed by atoms with Crippen molar-refractivity contribution in [3.05, 3.63) is 34.3 Å². The zero-order valence-corrected chi connectivity index (χ0v) is 10.0. The monoisotopic (exact) mass is 253 g/mol. The molecule has 0 unspecified atom stereocenters. The molecule has 1 heterocycles. The van der Waals surface area contributed by atoms with E-state index in [-0.39, 0.29) is 0 Å². The Hall–Kier alpha value is -0.340. The van der Waals surface area contributed by atoms with Gasteiger partial charge in [-0.05, 0) is 43.0 Å². The molecule has 1 aromatic carbocycles. The number of hydrogen-bond donors (Lipinski definition) is 1. The number of nitrogens with one attached hydrogen (secondary N) is 1. The SMILES string of the molecule is C[C@H]1CC[C@H](c2cccc(Br)c2)NC1. The van der Waals surface area contributed by atoms with Crippen molar-refractivity contribution < 1.29 is 0 Å². The van der Waals surface area contributed by atoms with Crippen molar-refractivity contribution in [3.8, 4) is 0 Å². The molecule has 0 amide bonds. The average molecular weight is 254 g/mol. The first-order valence-electron chi connectivity index (χ1n) is 5.24. The summed E-state index contributed by atoms with van der Waals surface area (Å²) in [6.07, 6.45) is 2.60. The van der Waals surface area contributed by atoms with Crippen LogP contribution in [0.4, 0.5) is 0 Å². The van der Waals surface area contributed by atoms with E-state index in [1.165, 1.54) is 22.9 Å². The quantitative estimate of drug-likeness (QED) is 0.808. The lowest BCUT2D eigenvalue weighted by Gasteiger charge is -2.28. The molecule has 0 saturated carbocycles. The van der Waals surface area contributed by atoms with E-state index in [1.54, 1.807) is 0 Å². The topological polar surface area (TPSA) is 12.0 Å². The highest BCUT2D eigenvalue weighted by atomic mass is 79.9. The molecule has 1 N–H and O–H groups in total. The maximum absolute atomic E-state index is 3.59. The van der Waals surface area contributed by atoms with Crippen molar-refractivity contribution in [2.75, 3.05) is 6.54 Å². The highest BCUT2D eigenvalue weighted by molar-refractivity contribution is 9.10. The molecule has 1 aliphatic rings. The van der Waals surface area contributed by atoms with E-state index in [2.05, 4.69) is 52.4 Å². The van der Waals surface area contributed by atoms with E-state index in [0.717, 1.165) is 12.5 Å². The van der Waals surface area contributed by atoms with Gasteiger partial charge in [-0.3, -0.25) is 0 Å². The molecule has 0 spiro atoms. The second-order valence-corrected chi connectivity index (χ2v) is 5.11. The third-order valence-electron chi connectivity index (χ3n) is 2.91. The summed E-state index contributed by atoms with van der Waals surface area (Å²) in [6.45, 7) is 3.46. The van der Waals surface area contributed by atoms with Gasteiger partial charge >= 0.3 is 0 Å². The molecule has 0 bridgehead atoms. The summed E-state index contributed by atoms with van der Waals surface area (Å²) in [6, 6.07) is 9.17. The van der Waals surface area contributed by atoms with E-state index in [0.29, 0.717) is 6.04 Å². The van der Waals surface area contributed by atoms with Crippen LogP contribution in [-0.2, 0) is 0 Å². The van der Waals surface area contributed by atoms with E-state index in [1.807, 2.05) is 0 Å². The molecule has 1 fully saturated rings. The predicted octanol–water partition coefficient (Wildman–Crippen LogP) is 3.51. The second-order valence-electron chi connectivity index (χ2n) is 4.20. The van der Waals surface area contributed by atoms with E-state index in [9.17, 15) is 0 Å². The van der Waals surface area contributed by atoms with Gasteiger partial charge in [0.1, 0.15) is 0 Å². The van der Waals surface area contributed by atoms with E-state index >= 15 is 0 Å². The van der Waals surface area contributed by atoms with Crippen LogP contribution in [0.2, 0.25) is 0 Å². The van der Waals surface area contributed by atoms with Crippen LogP contribution >= 0.6 is 15.9 Å². The summed E-state index contributed by atoms with van der Waals surface area (Å²) in [5, 5.41) is 3.59. The lowest BCUT2D eigenvalue weighted by atomic mass is 9.92. The van der Waals surface area contributed by atoms with Gasteiger partial charge in [0.25, 0.3) is 0 Å². The van der Waals surface area contributed by atoms with E-state index in [4.69, 9.17) is 0 Å². The summed E-state index contributed by atoms with van der Waals surface area (Å²) in [4.78, 5) is 0. The zero-order chi connectivity index (χ0) is 9.97. The summed E-state index contributed by atoms with van der Waals surface area (Å²) in [7, 11) is 0. The van der Waals surface area contributed by atoms with Gasteiger partial charge in [0.2, 0.25) is 0 Å². The minimum Gasteiger partial charge on any atom is -0.310 e. The Morgan fingerprint density at radius 2 is 2.21 bits per heavy atom. The maximum atomic E-state index is 3.59. The molecule has 1 aliphatic heterocycles. The zero-order valence-electron chi connectivity index (χ0n) is 8.46. The molecule has 0 radical (unpaired) electrons. The molecular weight excluding hydrogens is 238 g/mol. The first-order chi connectivity index (χ1) is 6.75. The average Bonchev–Trinajstić information content (AvgIpc) is 2.19. The van der Waals surface area contributed by atoms with Crippen LogP contribution in [-0.4, -0.2) is 6.54 Å². The Bertz CT molecular complexity index is 303. The smallest absolute Gasteiger partial charge is 0.0320 e. The summed E-state index contributed by atoms with van der Waals surface area (Å²) >= 11 is 3.51. The predicted molar refractivity (Wildman–Crippen MR) is 63.3 cm³/mol. The van der Waals surface area contributed by atoms with Gasteiger partial charge in [-0.25, -0.2) is 0 Å². The van der Waals surface area contributed by atoms with Crippen LogP contribution in [0.1, 0.15) is 31.4 Å². The third-order valence-corrected chi connectivity index (χ3v) is 3.41. The molecule has 1 saturated heterocycles. The van der Waals surface area contributed by atoms with Crippen molar-refractivity contribution >= 4 is 15.9 Å². The van der Waals surface area contributed by atoms with Crippen LogP contribution < -0.4 is 5.32 Å². The fourth-order valence-corrected chi connectivity index (χ4v) is 2.42. The van der Waals surface area contributed by atoms with Gasteiger partial charge in [-0.15, -0.1) is 0 Å². The van der Waals surface area contributed by atoms with Crippen molar-refractivity contribution in [2.45, 2.75) is 25.8 Å². The summed E-state index contributed by atoms with van der Waals surface area (Å²) in [5.74, 6) is 0.832. The minimum absolute atomic E-state index is 0.559. The fraction of sp³-hybridized carbons (Fsp3) is 0.500. The van der Waals surface area contributed by atoms with E-state index < -0.39 is 0 Å². The third kappa shape index (κ3) is 2.37. The maximum Gasteiger partial charge on any atom is 0.0320 e. The standard InChI is InChI=1S/C12H16BrN/c1-9-5-6-12(14-8-9)10-3-2-4-11(13)7-10/h2-4,7,9,12,14H,5-6,8H2,1H3/t9-,12+/m0/s1. The molecule has 2 rings (SSSR count). The van der Waals surface area contributed by atoms with Gasteiger partial charge in [0.05, 0.1) is 0 Å². The Balaban J connectivity index is 2.08. The normalized spacial score (nSPS) is 27.6. The van der Waals surface area contributed by atoms with Gasteiger partial charge in [0, 0.05) is 10.5 Å². The molecule has 1 aromatic rings. The fourth-order valence-electron chi connectivity index (χ4n) is 2.01. The lowest BCUT2D eigenvalue weighted by Crippen LogP contribution is -2.31. The molecule has 2 atom stereocenters. The van der Waals surface area contributed by atoms with Gasteiger partial charge in [-0.1, -0.05) is 35.0 Å². The summed E-state index contributed by atoms with van der Waals surface area (Å²) < 4.78 is 1.18. The Kier molecular flexibility index (Phi) is 3.24. The van der Waals surface area contributed by atoms with Crippen molar-refractivity contribution in [1.82, 2.24) is 5.32 Å². The lowest BCUT2D eigenvalue weighted by molar-refractivity contribution is 0.333. The largest absolute Gasteiger partial charge is 0.310 e. The van der Waals surface area contributed by atoms with Gasteiger partial charge < -0.3 is 5.32 Å². The van der Waals surface area contributed by atoms with Crippen molar-refractivity contribution in [3.63, 3.8) is 0 Å². The van der Waals surface area contributed by atoms with Crippen LogP contribution in [0, 0.1) is 5.92 Å². The minimum atomic E-state index is 0.559. The summed E-state index contributed by atoms with van der Waals surface area (Å²) in [5.41, 5.74) is 1.41. The van der Waals surface area contributed by atoms with Crippen LogP contribution in [0.5, 0.6) is 0 Å². The molecule has 1 nitrogen and oxygen atoms in total. The highest BCUT2D eigenvalue weighted by Crippen LogP contribution is 2.26. The van der Waals surface area contributed by atoms with Crippen LogP contribution in [0.15, 0.2) is 28.7 Å². The van der Waals surface area contributed by atoms with Crippen LogP contribution in [0.3, 0.4) is 0 Å². The molecular formula is C12H16BrN. The van der Waals surface area contributed by atoms with Gasteiger partial charge in [-0.2, -0.15) is 0 Å². The first kappa shape index (κ1) is 10.2. The number of hydrogen-bond acceptors (Lipinski definition) is 1. The molecule has 0 aliphatic carbocycles. The Labute approximate surface area is 94.0 Å². The highest BCUT2D eigenvalue weighted by Gasteiger charge is 2.18. The Morgan fingerprint density at radius 3 is 2.86 bits per heavy atom. The van der Waals surface area contributed by atoms with Crippen molar-refractivity contribution in [2.24, 2.45) is 5.92 Å². The van der Waals surface area contributed by atoms with Crippen LogP contribution in [0.25, 0.3) is 0 Å². The second kappa shape index (κ2) is 4.45. The molecule has 14 heavy (non-hydrogen) atoms. The number of piperidine rings is 1. The van der Waals surface area contributed by atoms with Gasteiger partial charge in [0.15, 0.2) is 0 Å².